The first-order chi connectivity index (χ1) is 11.1. The van der Waals surface area contributed by atoms with Gasteiger partial charge in [0.05, 0.1) is 0 Å². The molecular formula is C15H15N5O3. The molecule has 23 heavy (non-hydrogen) atoms. The van der Waals surface area contributed by atoms with E-state index in [2.05, 4.69) is 20.9 Å². The number of anilines is 1. The average Bonchev–Trinajstić information content (AvgIpc) is 2.56. The number of pyridine rings is 1. The first-order valence-electron chi connectivity index (χ1n) is 6.65. The van der Waals surface area contributed by atoms with Crippen molar-refractivity contribution in [1.29, 1.82) is 5.41 Å². The summed E-state index contributed by atoms with van der Waals surface area (Å²) < 4.78 is 5.66. The Bertz CT molecular complexity index is 715. The normalized spacial score (nSPS) is 9.61. The van der Waals surface area contributed by atoms with Crippen molar-refractivity contribution in [2.24, 2.45) is 0 Å². The van der Waals surface area contributed by atoms with E-state index < -0.39 is 0 Å². The van der Waals surface area contributed by atoms with Crippen LogP contribution in [0.4, 0.5) is 5.69 Å². The van der Waals surface area contributed by atoms with E-state index in [1.165, 1.54) is 13.2 Å². The fraction of sp³-hybridized carbons (Fsp3) is 0.0667. The second-order valence-electron chi connectivity index (χ2n) is 4.32. The molecular weight excluding hydrogens is 298 g/mol. The quantitative estimate of drug-likeness (QED) is 0.377. The lowest BCUT2D eigenvalue weighted by molar-refractivity contribution is -0.108. The number of carbonyl (C=O) groups is 2. The Labute approximate surface area is 132 Å². The standard InChI is InChI=1S/C15H15N5O3/c1-17-14(22)13-12(3-2-8-18-13)23-11-6-4-10(5-7-11)20-15(16)19-9-21/h2-9H,1H3,(H,17,22)(H3,16,19,20,21). The van der Waals surface area contributed by atoms with Crippen molar-refractivity contribution in [2.75, 3.05) is 12.4 Å². The van der Waals surface area contributed by atoms with Crippen LogP contribution in [0.2, 0.25) is 0 Å². The first kappa shape index (κ1) is 16.0. The lowest BCUT2D eigenvalue weighted by Crippen LogP contribution is -2.27. The molecule has 0 atom stereocenters. The maximum atomic E-state index is 11.7. The first-order valence-corrected chi connectivity index (χ1v) is 6.65. The Morgan fingerprint density at radius 3 is 2.65 bits per heavy atom. The fourth-order valence-electron chi connectivity index (χ4n) is 1.73. The molecule has 2 rings (SSSR count). The zero-order valence-corrected chi connectivity index (χ0v) is 12.3. The van der Waals surface area contributed by atoms with Gasteiger partial charge in [0.15, 0.2) is 17.4 Å². The molecule has 0 aliphatic carbocycles. The van der Waals surface area contributed by atoms with Crippen LogP contribution in [0.15, 0.2) is 42.6 Å². The Morgan fingerprint density at radius 2 is 2.00 bits per heavy atom. The molecule has 1 heterocycles. The Kier molecular flexibility index (Phi) is 5.24. The predicted molar refractivity (Wildman–Crippen MR) is 84.7 cm³/mol. The van der Waals surface area contributed by atoms with Crippen molar-refractivity contribution in [3.63, 3.8) is 0 Å². The number of aromatic nitrogens is 1. The topological polar surface area (TPSA) is 116 Å². The van der Waals surface area contributed by atoms with E-state index in [1.807, 2.05) is 0 Å². The van der Waals surface area contributed by atoms with Crippen LogP contribution in [0.1, 0.15) is 10.5 Å². The van der Waals surface area contributed by atoms with Crippen molar-refractivity contribution in [3.05, 3.63) is 48.3 Å². The number of carbonyl (C=O) groups excluding carboxylic acids is 2. The van der Waals surface area contributed by atoms with Crippen molar-refractivity contribution in [3.8, 4) is 11.5 Å². The molecule has 0 aliphatic rings. The van der Waals surface area contributed by atoms with Gasteiger partial charge in [0, 0.05) is 18.9 Å². The molecule has 0 fully saturated rings. The van der Waals surface area contributed by atoms with Crippen molar-refractivity contribution >= 4 is 24.0 Å². The average molecular weight is 313 g/mol. The summed E-state index contributed by atoms with van der Waals surface area (Å²) in [6.45, 7) is 0. The molecule has 0 aliphatic heterocycles. The van der Waals surface area contributed by atoms with Gasteiger partial charge in [0.25, 0.3) is 5.91 Å². The lowest BCUT2D eigenvalue weighted by atomic mass is 10.3. The molecule has 0 spiro atoms. The number of rotatable bonds is 5. The highest BCUT2D eigenvalue weighted by Gasteiger charge is 2.12. The molecule has 1 aromatic carbocycles. The third kappa shape index (κ3) is 4.27. The van der Waals surface area contributed by atoms with Crippen LogP contribution >= 0.6 is 0 Å². The van der Waals surface area contributed by atoms with Gasteiger partial charge in [0.2, 0.25) is 6.41 Å². The van der Waals surface area contributed by atoms with Gasteiger partial charge < -0.3 is 15.4 Å². The summed E-state index contributed by atoms with van der Waals surface area (Å²) in [6.07, 6.45) is 1.92. The van der Waals surface area contributed by atoms with Gasteiger partial charge in [-0.2, -0.15) is 0 Å². The molecule has 4 N–H and O–H groups in total. The van der Waals surface area contributed by atoms with Crippen LogP contribution in [0.5, 0.6) is 11.5 Å². The number of nitrogens with zero attached hydrogens (tertiary/aromatic N) is 1. The summed E-state index contributed by atoms with van der Waals surface area (Å²) in [5.74, 6) is 0.363. The third-order valence-electron chi connectivity index (χ3n) is 2.77. The molecule has 8 heteroatoms. The lowest BCUT2D eigenvalue weighted by Gasteiger charge is -2.10. The van der Waals surface area contributed by atoms with E-state index in [4.69, 9.17) is 10.1 Å². The minimum absolute atomic E-state index is 0.136. The zero-order valence-electron chi connectivity index (χ0n) is 12.3. The van der Waals surface area contributed by atoms with E-state index >= 15 is 0 Å². The fourth-order valence-corrected chi connectivity index (χ4v) is 1.73. The number of guanidine groups is 1. The number of benzene rings is 1. The highest BCUT2D eigenvalue weighted by Crippen LogP contribution is 2.25. The van der Waals surface area contributed by atoms with E-state index in [1.54, 1.807) is 36.4 Å². The molecule has 0 saturated carbocycles. The molecule has 2 aromatic rings. The van der Waals surface area contributed by atoms with Gasteiger partial charge in [0.1, 0.15) is 5.75 Å². The van der Waals surface area contributed by atoms with Crippen LogP contribution in [-0.2, 0) is 4.79 Å². The van der Waals surface area contributed by atoms with Crippen molar-refractivity contribution < 1.29 is 14.3 Å². The molecule has 8 nitrogen and oxygen atoms in total. The molecule has 0 bridgehead atoms. The molecule has 1 aromatic heterocycles. The summed E-state index contributed by atoms with van der Waals surface area (Å²) in [4.78, 5) is 26.0. The third-order valence-corrected chi connectivity index (χ3v) is 2.77. The largest absolute Gasteiger partial charge is 0.455 e. The zero-order chi connectivity index (χ0) is 16.7. The Morgan fingerprint density at radius 1 is 1.26 bits per heavy atom. The van der Waals surface area contributed by atoms with Crippen LogP contribution in [0.25, 0.3) is 0 Å². The monoisotopic (exact) mass is 313 g/mol. The molecule has 0 radical (unpaired) electrons. The molecule has 0 saturated heterocycles. The minimum Gasteiger partial charge on any atom is -0.455 e. The van der Waals surface area contributed by atoms with E-state index in [0.29, 0.717) is 23.6 Å². The SMILES string of the molecule is CNC(=O)c1ncccc1Oc1ccc(NC(=N)NC=O)cc1. The summed E-state index contributed by atoms with van der Waals surface area (Å²) in [7, 11) is 1.52. The summed E-state index contributed by atoms with van der Waals surface area (Å²) in [6, 6.07) is 9.99. The number of amides is 2. The number of hydrogen-bond acceptors (Lipinski definition) is 5. The minimum atomic E-state index is -0.340. The second kappa shape index (κ2) is 7.55. The van der Waals surface area contributed by atoms with Gasteiger partial charge in [-0.05, 0) is 36.4 Å². The van der Waals surface area contributed by atoms with Crippen LogP contribution in [0, 0.1) is 5.41 Å². The van der Waals surface area contributed by atoms with Gasteiger partial charge in [-0.1, -0.05) is 0 Å². The molecule has 118 valence electrons. The molecule has 2 amide bonds. The Hall–Kier alpha value is -3.42. The van der Waals surface area contributed by atoms with E-state index in [-0.39, 0.29) is 17.6 Å². The van der Waals surface area contributed by atoms with Gasteiger partial charge >= 0.3 is 0 Å². The van der Waals surface area contributed by atoms with Crippen LogP contribution in [-0.4, -0.2) is 30.3 Å². The maximum absolute atomic E-state index is 11.7. The predicted octanol–water partition coefficient (Wildman–Crippen LogP) is 1.33. The second-order valence-corrected chi connectivity index (χ2v) is 4.32. The van der Waals surface area contributed by atoms with E-state index in [9.17, 15) is 9.59 Å². The van der Waals surface area contributed by atoms with E-state index in [0.717, 1.165) is 0 Å². The maximum Gasteiger partial charge on any atom is 0.273 e. The van der Waals surface area contributed by atoms with Crippen molar-refractivity contribution in [2.45, 2.75) is 0 Å². The van der Waals surface area contributed by atoms with Crippen LogP contribution < -0.4 is 20.7 Å². The highest BCUT2D eigenvalue weighted by molar-refractivity contribution is 5.97. The van der Waals surface area contributed by atoms with Crippen molar-refractivity contribution in [1.82, 2.24) is 15.6 Å². The molecule has 0 unspecified atom stereocenters. The summed E-state index contributed by atoms with van der Waals surface area (Å²) >= 11 is 0. The number of nitrogens with one attached hydrogen (secondary N) is 4. The van der Waals surface area contributed by atoms with Crippen LogP contribution in [0.3, 0.4) is 0 Å². The number of ether oxygens (including phenoxy) is 1. The summed E-state index contributed by atoms with van der Waals surface area (Å²) in [5.41, 5.74) is 0.795. The smallest absolute Gasteiger partial charge is 0.273 e. The van der Waals surface area contributed by atoms with Gasteiger partial charge in [-0.3, -0.25) is 20.3 Å². The highest BCUT2D eigenvalue weighted by atomic mass is 16.5. The number of hydrogen-bond donors (Lipinski definition) is 4. The van der Waals surface area contributed by atoms with Gasteiger partial charge in [-0.15, -0.1) is 0 Å². The summed E-state index contributed by atoms with van der Waals surface area (Å²) in [5, 5.41) is 14.8. The Balaban J connectivity index is 2.11. The van der Waals surface area contributed by atoms with Gasteiger partial charge in [-0.25, -0.2) is 4.98 Å².